The van der Waals surface area contributed by atoms with Crippen molar-refractivity contribution in [3.8, 4) is 0 Å². The number of halogens is 5. The number of hydrogen-bond acceptors (Lipinski definition) is 3. The van der Waals surface area contributed by atoms with Gasteiger partial charge in [-0.2, -0.15) is 13.2 Å². The van der Waals surface area contributed by atoms with Crippen molar-refractivity contribution in [1.82, 2.24) is 5.32 Å². The van der Waals surface area contributed by atoms with E-state index >= 15 is 0 Å². The largest absolute Gasteiger partial charge is 0.411 e. The zero-order chi connectivity index (χ0) is 15.2. The summed E-state index contributed by atoms with van der Waals surface area (Å²) in [7, 11) is 0. The Morgan fingerprint density at radius 3 is 2.60 bits per heavy atom. The van der Waals surface area contributed by atoms with E-state index in [4.69, 9.17) is 23.2 Å². The average Bonchev–Trinajstić information content (AvgIpc) is 2.66. The third kappa shape index (κ3) is 6.63. The Bertz CT molecular complexity index is 412. The Hall–Kier alpha value is -0.0100. The van der Waals surface area contributed by atoms with E-state index in [1.54, 1.807) is 6.07 Å². The molecule has 1 N–H and O–H groups in total. The minimum atomic E-state index is -4.30. The summed E-state index contributed by atoms with van der Waals surface area (Å²) in [5.41, 5.74) is 0.811. The zero-order valence-electron chi connectivity index (χ0n) is 10.9. The summed E-state index contributed by atoms with van der Waals surface area (Å²) in [6, 6.07) is 1.59. The van der Waals surface area contributed by atoms with Crippen LogP contribution in [-0.2, 0) is 4.74 Å². The monoisotopic (exact) mass is 349 g/mol. The van der Waals surface area contributed by atoms with E-state index in [0.717, 1.165) is 18.5 Å². The molecule has 0 aliphatic heterocycles. The van der Waals surface area contributed by atoms with Gasteiger partial charge in [-0.25, -0.2) is 0 Å². The van der Waals surface area contributed by atoms with Crippen LogP contribution in [0.4, 0.5) is 13.2 Å². The molecule has 0 aromatic carbocycles. The first kappa shape index (κ1) is 18.0. The Labute approximate surface area is 130 Å². The van der Waals surface area contributed by atoms with E-state index in [2.05, 4.69) is 10.1 Å². The van der Waals surface area contributed by atoms with Crippen molar-refractivity contribution < 1.29 is 17.9 Å². The lowest BCUT2D eigenvalue weighted by Gasteiger charge is -2.18. The van der Waals surface area contributed by atoms with Gasteiger partial charge in [-0.3, -0.25) is 0 Å². The molecule has 1 rings (SSSR count). The molecule has 20 heavy (non-hydrogen) atoms. The van der Waals surface area contributed by atoms with Crippen LogP contribution in [0.1, 0.15) is 31.4 Å². The third-order valence-electron chi connectivity index (χ3n) is 2.52. The second-order valence-corrected chi connectivity index (χ2v) is 6.53. The van der Waals surface area contributed by atoms with Crippen LogP contribution >= 0.6 is 34.5 Å². The van der Waals surface area contributed by atoms with Gasteiger partial charge < -0.3 is 10.1 Å². The van der Waals surface area contributed by atoms with Crippen LogP contribution in [-0.4, -0.2) is 25.9 Å². The van der Waals surface area contributed by atoms with Gasteiger partial charge in [0.05, 0.1) is 8.67 Å². The van der Waals surface area contributed by atoms with Crippen LogP contribution in [0.3, 0.4) is 0 Å². The Morgan fingerprint density at radius 2 is 2.10 bits per heavy atom. The molecule has 0 aliphatic rings. The van der Waals surface area contributed by atoms with Gasteiger partial charge in [-0.05, 0) is 25.5 Å². The fourth-order valence-corrected chi connectivity index (χ4v) is 3.24. The summed E-state index contributed by atoms with van der Waals surface area (Å²) in [6.45, 7) is 1.52. The number of nitrogens with one attached hydrogen (secondary N) is 1. The third-order valence-corrected chi connectivity index (χ3v) is 4.03. The Kier molecular flexibility index (Phi) is 7.61. The molecule has 0 radical (unpaired) electrons. The maximum Gasteiger partial charge on any atom is 0.411 e. The van der Waals surface area contributed by atoms with Crippen molar-refractivity contribution in [3.05, 3.63) is 20.3 Å². The van der Waals surface area contributed by atoms with Crippen LogP contribution in [0.25, 0.3) is 0 Å². The first-order valence-electron chi connectivity index (χ1n) is 6.16. The smallest absolute Gasteiger partial charge is 0.372 e. The highest BCUT2D eigenvalue weighted by atomic mass is 35.5. The van der Waals surface area contributed by atoms with Crippen LogP contribution < -0.4 is 5.32 Å². The van der Waals surface area contributed by atoms with Crippen molar-refractivity contribution in [2.24, 2.45) is 0 Å². The van der Waals surface area contributed by atoms with E-state index in [9.17, 15) is 13.2 Å². The first-order valence-corrected chi connectivity index (χ1v) is 7.73. The Balaban J connectivity index is 2.54. The lowest BCUT2D eigenvalue weighted by atomic mass is 10.1. The normalized spacial score (nSPS) is 13.7. The van der Waals surface area contributed by atoms with Gasteiger partial charge in [-0.1, -0.05) is 30.1 Å². The molecule has 0 saturated carbocycles. The Morgan fingerprint density at radius 1 is 1.40 bits per heavy atom. The van der Waals surface area contributed by atoms with E-state index in [0.29, 0.717) is 15.1 Å². The van der Waals surface area contributed by atoms with Crippen molar-refractivity contribution in [1.29, 1.82) is 0 Å². The summed E-state index contributed by atoms with van der Waals surface area (Å²) in [6.07, 6.45) is -2.98. The predicted molar refractivity (Wildman–Crippen MR) is 76.9 cm³/mol. The number of rotatable bonds is 8. The summed E-state index contributed by atoms with van der Waals surface area (Å²) >= 11 is 13.2. The second-order valence-electron chi connectivity index (χ2n) is 4.24. The highest BCUT2D eigenvalue weighted by Crippen LogP contribution is 2.36. The van der Waals surface area contributed by atoms with Crippen LogP contribution in [0, 0.1) is 0 Å². The van der Waals surface area contributed by atoms with Crippen molar-refractivity contribution in [2.45, 2.75) is 32.0 Å². The maximum absolute atomic E-state index is 12.0. The lowest BCUT2D eigenvalue weighted by Crippen LogP contribution is -2.24. The maximum atomic E-state index is 12.0. The fourth-order valence-electron chi connectivity index (χ4n) is 1.67. The molecule has 0 amide bonds. The molecule has 1 atom stereocenters. The quantitative estimate of drug-likeness (QED) is 0.662. The zero-order valence-corrected chi connectivity index (χ0v) is 13.2. The molecule has 0 fully saturated rings. The molecule has 0 spiro atoms. The van der Waals surface area contributed by atoms with Gasteiger partial charge in [0.25, 0.3) is 0 Å². The summed E-state index contributed by atoms with van der Waals surface area (Å²) in [5.74, 6) is 0. The number of ether oxygens (including phenoxy) is 1. The van der Waals surface area contributed by atoms with Gasteiger partial charge in [0.2, 0.25) is 0 Å². The summed E-state index contributed by atoms with van der Waals surface area (Å²) in [4.78, 5) is 0. The van der Waals surface area contributed by atoms with Crippen LogP contribution in [0.15, 0.2) is 6.07 Å². The van der Waals surface area contributed by atoms with Crippen LogP contribution in [0.2, 0.25) is 8.67 Å². The minimum Gasteiger partial charge on any atom is -0.372 e. The van der Waals surface area contributed by atoms with Gasteiger partial charge >= 0.3 is 6.18 Å². The molecule has 0 bridgehead atoms. The summed E-state index contributed by atoms with van der Waals surface area (Å²) in [5, 5.41) is 3.24. The number of alkyl halides is 3. The van der Waals surface area contributed by atoms with E-state index in [1.807, 2.05) is 6.92 Å². The highest BCUT2D eigenvalue weighted by Gasteiger charge is 2.27. The van der Waals surface area contributed by atoms with Gasteiger partial charge in [0.1, 0.15) is 6.61 Å². The van der Waals surface area contributed by atoms with E-state index in [-0.39, 0.29) is 12.6 Å². The number of hydrogen-bond donors (Lipinski definition) is 1. The molecule has 116 valence electrons. The minimum absolute atomic E-state index is 0.00465. The standard InChI is InChI=1S/C12H16Cl2F3NOS/c1-2-4-18-9(3-5-19-7-12(15,16)17)8-6-10(13)20-11(8)14/h6,9,18H,2-5,7H2,1H3. The van der Waals surface area contributed by atoms with E-state index < -0.39 is 12.8 Å². The van der Waals surface area contributed by atoms with Crippen LogP contribution in [0.5, 0.6) is 0 Å². The number of thiophene rings is 1. The highest BCUT2D eigenvalue weighted by molar-refractivity contribution is 7.20. The van der Waals surface area contributed by atoms with Gasteiger partial charge in [0, 0.05) is 18.2 Å². The molecular formula is C12H16Cl2F3NOS. The average molecular weight is 350 g/mol. The molecule has 0 saturated heterocycles. The molecule has 8 heteroatoms. The predicted octanol–water partition coefficient (Wildman–Crippen LogP) is 5.06. The topological polar surface area (TPSA) is 21.3 Å². The van der Waals surface area contributed by atoms with Gasteiger partial charge in [-0.15, -0.1) is 11.3 Å². The molecule has 1 unspecified atom stereocenters. The molecule has 2 nitrogen and oxygen atoms in total. The first-order chi connectivity index (χ1) is 9.33. The van der Waals surface area contributed by atoms with Crippen molar-refractivity contribution in [2.75, 3.05) is 19.8 Å². The molecule has 0 aliphatic carbocycles. The van der Waals surface area contributed by atoms with Crippen molar-refractivity contribution in [3.63, 3.8) is 0 Å². The summed E-state index contributed by atoms with van der Waals surface area (Å²) < 4.78 is 41.7. The lowest BCUT2D eigenvalue weighted by molar-refractivity contribution is -0.174. The molecule has 1 aromatic heterocycles. The SMILES string of the molecule is CCCNC(CCOCC(F)(F)F)c1cc(Cl)sc1Cl. The molecule has 1 heterocycles. The second kappa shape index (κ2) is 8.44. The fraction of sp³-hybridized carbons (Fsp3) is 0.667. The van der Waals surface area contributed by atoms with E-state index in [1.165, 1.54) is 11.3 Å². The van der Waals surface area contributed by atoms with Crippen molar-refractivity contribution >= 4 is 34.5 Å². The molecule has 1 aromatic rings. The molecular weight excluding hydrogens is 334 g/mol. The van der Waals surface area contributed by atoms with Gasteiger partial charge in [0.15, 0.2) is 0 Å².